The number of amides is 11. The number of nitrogens with zero attached hydrogens (tertiary/aromatic N) is 5. The molecular formula is C66H119N11O16. The predicted molar refractivity (Wildman–Crippen MR) is 354 cm³/mol. The first kappa shape index (κ1) is 86.1. The van der Waals surface area contributed by atoms with Crippen molar-refractivity contribution in [1.82, 2.24) is 56.4 Å². The third-order valence-corrected chi connectivity index (χ3v) is 16.0. The van der Waals surface area contributed by atoms with Crippen molar-refractivity contribution in [2.75, 3.05) is 41.8 Å². The molecule has 9 N–H and O–H groups in total. The summed E-state index contributed by atoms with van der Waals surface area (Å²) in [5.41, 5.74) is -0.838. The van der Waals surface area contributed by atoms with Gasteiger partial charge in [-0.2, -0.15) is 0 Å². The van der Waals surface area contributed by atoms with Crippen molar-refractivity contribution in [2.45, 2.75) is 255 Å². The molecule has 0 aliphatic rings. The van der Waals surface area contributed by atoms with Gasteiger partial charge in [0.2, 0.25) is 59.1 Å². The molecule has 27 heteroatoms. The lowest BCUT2D eigenvalue weighted by Crippen LogP contribution is -2.64. The maximum Gasteiger partial charge on any atom is 0.408 e. The number of hydrogen-bond donors (Lipinski definition) is 9. The number of aliphatic hydroxyl groups excluding tert-OH is 2. The summed E-state index contributed by atoms with van der Waals surface area (Å²) >= 11 is 0. The Morgan fingerprint density at radius 2 is 0.903 bits per heavy atom. The average molecular weight is 1320 g/mol. The zero-order valence-corrected chi connectivity index (χ0v) is 60.5. The molecule has 0 aliphatic heterocycles. The molecule has 0 saturated carbocycles. The molecule has 0 aromatic rings. The van der Waals surface area contributed by atoms with E-state index in [4.69, 9.17) is 4.74 Å². The number of aliphatic hydroxyl groups is 2. The summed E-state index contributed by atoms with van der Waals surface area (Å²) in [5.74, 6) is -11.2. The molecule has 1 unspecified atom stereocenters. The van der Waals surface area contributed by atoms with E-state index in [1.807, 2.05) is 62.3 Å². The molecule has 14 atom stereocenters. The van der Waals surface area contributed by atoms with Gasteiger partial charge in [0.15, 0.2) is 0 Å². The van der Waals surface area contributed by atoms with E-state index in [-0.39, 0.29) is 61.7 Å². The first-order chi connectivity index (χ1) is 42.7. The van der Waals surface area contributed by atoms with Crippen molar-refractivity contribution in [3.63, 3.8) is 0 Å². The predicted octanol–water partition coefficient (Wildman–Crippen LogP) is 3.42. The second kappa shape index (κ2) is 39.7. The molecule has 0 heterocycles. The molecule has 0 saturated heterocycles. The summed E-state index contributed by atoms with van der Waals surface area (Å²) in [7, 11) is 6.60. The second-order valence-corrected chi connectivity index (χ2v) is 28.2. The number of likely N-dealkylation sites (N-methyl/N-ethyl adjacent to an activating group) is 5. The minimum absolute atomic E-state index is 0.0636. The summed E-state index contributed by atoms with van der Waals surface area (Å²) in [4.78, 5) is 173. The summed E-state index contributed by atoms with van der Waals surface area (Å²) in [5, 5.41) is 47.9. The number of carboxylic acids is 1. The number of ether oxygens (including phenoxy) is 1. The van der Waals surface area contributed by atoms with E-state index in [0.717, 1.165) is 19.6 Å². The molecule has 93 heavy (non-hydrogen) atoms. The maximum absolute atomic E-state index is 14.9. The molecule has 0 fully saturated rings. The van der Waals surface area contributed by atoms with Crippen LogP contribution in [-0.2, 0) is 57.5 Å². The Hall–Kier alpha value is -6.90. The molecule has 0 radical (unpaired) electrons. The number of aliphatic carboxylic acids is 1. The lowest BCUT2D eigenvalue weighted by atomic mass is 9.91. The topological polar surface area (TPSA) is 363 Å². The van der Waals surface area contributed by atoms with E-state index >= 15 is 0 Å². The van der Waals surface area contributed by atoms with Gasteiger partial charge in [-0.15, -0.1) is 0 Å². The van der Waals surface area contributed by atoms with Gasteiger partial charge < -0.3 is 76.5 Å². The standard InChI is InChI=1S/C66H119N11O16/c1-26-28-29-41(14)54(81)53(59(86)71-51(44(17)78)63(90)73(21)34-49(79)80)77(25)64(91)52(39(11)12)76(24)62(89)46(31-36(5)6)69-57(84)48(33-38(9)10)74(22)60(87)43(16)68-55(82)42(15)67-56(83)47(32-37(7)8)75(23)61(88)45(30-35(3)4)70-58(85)50(40(13)27-2)72-65(92)93-66(18,19)20/h26,28,35-48,50-54,78,81H,27,29-34H2,1-25H3,(H,67,83)(H,68,82)(H,69,84)(H,70,85)(H,71,86)(H,72,92)(H,79,80)/t40?,41-,42+,43-,44-,45+,46+,47+,48+,50-,51+,52+,53+,54-/m1/s1. The summed E-state index contributed by atoms with van der Waals surface area (Å²) in [6.07, 6.45) is 0.823. The average Bonchev–Trinajstić information content (AvgIpc) is 0.858. The molecule has 534 valence electrons. The van der Waals surface area contributed by atoms with Crippen LogP contribution in [0.4, 0.5) is 4.79 Å². The third kappa shape index (κ3) is 28.3. The fraction of sp³-hybridized carbons (Fsp3) is 0.788. The lowest BCUT2D eigenvalue weighted by Gasteiger charge is -2.40. The van der Waals surface area contributed by atoms with E-state index in [9.17, 15) is 72.9 Å². The van der Waals surface area contributed by atoms with E-state index in [1.54, 1.807) is 67.5 Å². The fourth-order valence-electron chi connectivity index (χ4n) is 10.6. The Kier molecular flexibility index (Phi) is 36.8. The van der Waals surface area contributed by atoms with Gasteiger partial charge in [0, 0.05) is 35.2 Å². The first-order valence-corrected chi connectivity index (χ1v) is 32.7. The van der Waals surface area contributed by atoms with Crippen LogP contribution in [0.15, 0.2) is 12.2 Å². The molecule has 27 nitrogen and oxygen atoms in total. The molecule has 0 aromatic heterocycles. The SMILES string of the molecule is CC=CC[C@@H](C)[C@@H](O)[C@@H](C(=O)N[C@H](C(=O)N(C)CC(=O)O)[C@@H](C)O)N(C)C(=O)[C@H](C(C)C)N(C)C(=O)[C@H](CC(C)C)NC(=O)[C@H](CC(C)C)N(C)C(=O)[C@@H](C)NC(=O)[C@H](C)NC(=O)[C@H](CC(C)C)N(C)C(=O)[C@H](CC(C)C)NC(=O)[C@H](NC(=O)OC(C)(C)C)C(C)CC. The Bertz CT molecular complexity index is 2540. The third-order valence-electron chi connectivity index (χ3n) is 16.0. The van der Waals surface area contributed by atoms with Gasteiger partial charge >= 0.3 is 12.1 Å². The molecule has 0 spiro atoms. The van der Waals surface area contributed by atoms with Crippen molar-refractivity contribution in [1.29, 1.82) is 0 Å². The molecule has 0 aromatic carbocycles. The molecule has 0 rings (SSSR count). The summed E-state index contributed by atoms with van der Waals surface area (Å²) in [6, 6.07) is -13.1. The first-order valence-electron chi connectivity index (χ1n) is 32.7. The highest BCUT2D eigenvalue weighted by Crippen LogP contribution is 2.24. The van der Waals surface area contributed by atoms with Crippen LogP contribution in [-0.4, -0.2) is 231 Å². The van der Waals surface area contributed by atoms with Gasteiger partial charge in [-0.25, -0.2) is 4.79 Å². The zero-order chi connectivity index (χ0) is 72.6. The van der Waals surface area contributed by atoms with Gasteiger partial charge in [-0.1, -0.05) is 109 Å². The summed E-state index contributed by atoms with van der Waals surface area (Å²) < 4.78 is 5.42. The number of nitrogens with one attached hydrogen (secondary N) is 6. The summed E-state index contributed by atoms with van der Waals surface area (Å²) in [6.45, 7) is 33.4. The molecule has 0 aliphatic carbocycles. The smallest absolute Gasteiger partial charge is 0.408 e. The normalized spacial score (nSPS) is 16.4. The van der Waals surface area contributed by atoms with Gasteiger partial charge in [0.25, 0.3) is 0 Å². The minimum atomic E-state index is -1.72. The van der Waals surface area contributed by atoms with Crippen LogP contribution in [0.25, 0.3) is 0 Å². The maximum atomic E-state index is 14.9. The van der Waals surface area contributed by atoms with Gasteiger partial charge in [0.1, 0.15) is 72.6 Å². The van der Waals surface area contributed by atoms with Crippen LogP contribution >= 0.6 is 0 Å². The quantitative estimate of drug-likeness (QED) is 0.0400. The number of carbonyl (C=O) groups is 12. The number of alkyl carbamates (subject to hydrolysis) is 1. The van der Waals surface area contributed by atoms with E-state index < -0.39 is 168 Å². The van der Waals surface area contributed by atoms with E-state index in [2.05, 4.69) is 31.9 Å². The fourth-order valence-corrected chi connectivity index (χ4v) is 10.6. The second-order valence-electron chi connectivity index (χ2n) is 28.2. The zero-order valence-electron chi connectivity index (χ0n) is 60.5. The minimum Gasteiger partial charge on any atom is -0.480 e. The Morgan fingerprint density at radius 1 is 0.473 bits per heavy atom. The number of hydrogen-bond acceptors (Lipinski definition) is 15. The number of carbonyl (C=O) groups excluding carboxylic acids is 11. The van der Waals surface area contributed by atoms with Crippen LogP contribution in [0, 0.1) is 41.4 Å². The highest BCUT2D eigenvalue weighted by Gasteiger charge is 2.45. The van der Waals surface area contributed by atoms with Crippen molar-refractivity contribution >= 4 is 71.1 Å². The van der Waals surface area contributed by atoms with Crippen LogP contribution in [0.3, 0.4) is 0 Å². The number of carboxylic acid groups (broad SMARTS) is 1. The van der Waals surface area contributed by atoms with Gasteiger partial charge in [0.05, 0.1) is 12.2 Å². The number of allylic oxidation sites excluding steroid dienone is 2. The van der Waals surface area contributed by atoms with Gasteiger partial charge in [-0.3, -0.25) is 52.7 Å². The van der Waals surface area contributed by atoms with Crippen LogP contribution in [0.2, 0.25) is 0 Å². The Morgan fingerprint density at radius 3 is 1.32 bits per heavy atom. The largest absolute Gasteiger partial charge is 0.480 e. The van der Waals surface area contributed by atoms with E-state index in [1.165, 1.54) is 60.9 Å². The van der Waals surface area contributed by atoms with Crippen LogP contribution in [0.5, 0.6) is 0 Å². The highest BCUT2D eigenvalue weighted by atomic mass is 16.6. The Balaban J connectivity index is 6.95. The molecule has 11 amide bonds. The Labute approximate surface area is 553 Å². The number of rotatable bonds is 38. The van der Waals surface area contributed by atoms with Gasteiger partial charge in [-0.05, 0) is 122 Å². The van der Waals surface area contributed by atoms with Crippen LogP contribution < -0.4 is 31.9 Å². The lowest BCUT2D eigenvalue weighted by molar-refractivity contribution is -0.155. The van der Waals surface area contributed by atoms with Crippen molar-refractivity contribution in [3.8, 4) is 0 Å². The van der Waals surface area contributed by atoms with E-state index in [0.29, 0.717) is 6.42 Å². The van der Waals surface area contributed by atoms with Crippen molar-refractivity contribution in [2.24, 2.45) is 41.4 Å². The monoisotopic (exact) mass is 1320 g/mol. The molecule has 0 bridgehead atoms. The van der Waals surface area contributed by atoms with Crippen molar-refractivity contribution < 1.29 is 77.6 Å². The molecular weight excluding hydrogens is 1200 g/mol. The van der Waals surface area contributed by atoms with Crippen molar-refractivity contribution in [3.05, 3.63) is 12.2 Å². The van der Waals surface area contributed by atoms with Crippen LogP contribution in [0.1, 0.15) is 177 Å². The highest BCUT2D eigenvalue weighted by molar-refractivity contribution is 5.99.